The van der Waals surface area contributed by atoms with E-state index in [2.05, 4.69) is 14.7 Å². The number of benzene rings is 2. The molecule has 8 nitrogen and oxygen atoms in total. The number of anilines is 1. The first-order chi connectivity index (χ1) is 15.7. The van der Waals surface area contributed by atoms with Crippen LogP contribution in [0.25, 0.3) is 22.0 Å². The molecule has 4 aromatic rings. The zero-order chi connectivity index (χ0) is 23.8. The maximum absolute atomic E-state index is 14.2. The third kappa shape index (κ3) is 4.53. The lowest BCUT2D eigenvalue weighted by molar-refractivity contribution is 0.436. The van der Waals surface area contributed by atoms with Gasteiger partial charge in [0.15, 0.2) is 17.3 Å². The molecule has 2 aromatic heterocycles. The van der Waals surface area contributed by atoms with E-state index in [-0.39, 0.29) is 34.5 Å². The van der Waals surface area contributed by atoms with Crippen molar-refractivity contribution < 1.29 is 21.9 Å². The van der Waals surface area contributed by atoms with Crippen LogP contribution in [0.5, 0.6) is 11.5 Å². The van der Waals surface area contributed by atoms with Crippen LogP contribution in [-0.2, 0) is 17.1 Å². The molecular formula is C22H18F2N4O4S. The van der Waals surface area contributed by atoms with Crippen LogP contribution in [0.15, 0.2) is 59.7 Å². The fraction of sp³-hybridized carbons (Fsp3) is 0.136. The van der Waals surface area contributed by atoms with E-state index >= 15 is 0 Å². The first kappa shape index (κ1) is 22.3. The molecule has 0 amide bonds. The average Bonchev–Trinajstić information content (AvgIpc) is 2.79. The van der Waals surface area contributed by atoms with Gasteiger partial charge in [-0.3, -0.25) is 9.52 Å². The zero-order valence-corrected chi connectivity index (χ0v) is 18.4. The van der Waals surface area contributed by atoms with E-state index in [9.17, 15) is 22.0 Å². The van der Waals surface area contributed by atoms with Crippen LogP contribution in [0.4, 0.5) is 14.7 Å². The average molecular weight is 472 g/mol. The predicted molar refractivity (Wildman–Crippen MR) is 120 cm³/mol. The van der Waals surface area contributed by atoms with Gasteiger partial charge in [-0.2, -0.15) is 0 Å². The molecule has 4 rings (SSSR count). The molecule has 1 N–H and O–H groups in total. The van der Waals surface area contributed by atoms with Gasteiger partial charge in [0, 0.05) is 30.3 Å². The number of aryl methyl sites for hydroxylation is 1. The summed E-state index contributed by atoms with van der Waals surface area (Å²) >= 11 is 0. The Kier molecular flexibility index (Phi) is 5.81. The highest BCUT2D eigenvalue weighted by molar-refractivity contribution is 7.92. The van der Waals surface area contributed by atoms with Gasteiger partial charge in [0.1, 0.15) is 11.5 Å². The number of halogens is 2. The Morgan fingerprint density at radius 1 is 1.09 bits per heavy atom. The first-order valence-electron chi connectivity index (χ1n) is 9.77. The van der Waals surface area contributed by atoms with Gasteiger partial charge in [-0.25, -0.2) is 27.2 Å². The minimum atomic E-state index is -3.68. The second-order valence-corrected chi connectivity index (χ2v) is 9.10. The summed E-state index contributed by atoms with van der Waals surface area (Å²) in [5, 5.41) is 0.916. The van der Waals surface area contributed by atoms with E-state index in [0.717, 1.165) is 12.1 Å². The van der Waals surface area contributed by atoms with Crippen molar-refractivity contribution in [3.8, 4) is 22.8 Å². The summed E-state index contributed by atoms with van der Waals surface area (Å²) in [4.78, 5) is 20.9. The number of pyridine rings is 1. The minimum absolute atomic E-state index is 0.0243. The number of ether oxygens (including phenoxy) is 1. The number of nitrogens with one attached hydrogen (secondary N) is 1. The van der Waals surface area contributed by atoms with Gasteiger partial charge in [0.05, 0.1) is 11.9 Å². The number of sulfonamides is 1. The smallest absolute Gasteiger partial charge is 0.258 e. The molecule has 33 heavy (non-hydrogen) atoms. The molecule has 0 radical (unpaired) electrons. The summed E-state index contributed by atoms with van der Waals surface area (Å²) in [6, 6.07) is 9.59. The van der Waals surface area contributed by atoms with Gasteiger partial charge in [-0.05, 0) is 30.5 Å². The summed E-state index contributed by atoms with van der Waals surface area (Å²) in [6.07, 6.45) is 2.69. The maximum Gasteiger partial charge on any atom is 0.258 e. The molecule has 0 bridgehead atoms. The van der Waals surface area contributed by atoms with E-state index in [1.54, 1.807) is 31.3 Å². The fourth-order valence-electron chi connectivity index (χ4n) is 3.18. The molecule has 2 aromatic carbocycles. The SMILES string of the molecule is CCS(=O)(=O)Nc1ncc(Oc2ccc(F)cc2F)c(-c2cn(C)c(=O)c3ccccc23)n1. The van der Waals surface area contributed by atoms with Crippen LogP contribution in [0.3, 0.4) is 0 Å². The van der Waals surface area contributed by atoms with Crippen LogP contribution in [0, 0.1) is 11.6 Å². The van der Waals surface area contributed by atoms with E-state index in [4.69, 9.17) is 4.74 Å². The van der Waals surface area contributed by atoms with Crippen LogP contribution in [-0.4, -0.2) is 28.7 Å². The molecule has 0 saturated carbocycles. The Labute approximate surface area is 187 Å². The van der Waals surface area contributed by atoms with Crippen molar-refractivity contribution in [1.29, 1.82) is 0 Å². The molecule has 0 unspecified atom stereocenters. The standard InChI is InChI=1S/C22H18F2N4O4S/c1-3-33(30,31)27-22-25-11-19(32-18-9-8-13(23)10-17(18)24)20(26-22)16-12-28(2)21(29)15-7-5-4-6-14(15)16/h4-12H,3H2,1-2H3,(H,25,26,27). The number of hydrogen-bond acceptors (Lipinski definition) is 6. The molecule has 0 fully saturated rings. The Balaban J connectivity index is 1.95. The summed E-state index contributed by atoms with van der Waals surface area (Å²) in [7, 11) is -2.13. The van der Waals surface area contributed by atoms with Crippen molar-refractivity contribution in [2.24, 2.45) is 7.05 Å². The van der Waals surface area contributed by atoms with Crippen LogP contribution in [0.2, 0.25) is 0 Å². The lowest BCUT2D eigenvalue weighted by atomic mass is 10.0. The normalized spacial score (nSPS) is 11.5. The molecule has 0 aliphatic heterocycles. The predicted octanol–water partition coefficient (Wildman–Crippen LogP) is 3.83. The van der Waals surface area contributed by atoms with Crippen molar-refractivity contribution in [2.45, 2.75) is 6.92 Å². The maximum atomic E-state index is 14.2. The second-order valence-electron chi connectivity index (χ2n) is 7.09. The highest BCUT2D eigenvalue weighted by Crippen LogP contribution is 2.36. The zero-order valence-electron chi connectivity index (χ0n) is 17.5. The van der Waals surface area contributed by atoms with Crippen molar-refractivity contribution in [1.82, 2.24) is 14.5 Å². The molecule has 2 heterocycles. The van der Waals surface area contributed by atoms with E-state index in [1.807, 2.05) is 0 Å². The van der Waals surface area contributed by atoms with Gasteiger partial charge < -0.3 is 9.30 Å². The molecule has 11 heteroatoms. The quantitative estimate of drug-likeness (QED) is 0.458. The number of fused-ring (bicyclic) bond motifs is 1. The summed E-state index contributed by atoms with van der Waals surface area (Å²) in [6.45, 7) is 1.46. The third-order valence-electron chi connectivity index (χ3n) is 4.84. The molecule has 170 valence electrons. The Hall–Kier alpha value is -3.86. The monoisotopic (exact) mass is 472 g/mol. The summed E-state index contributed by atoms with van der Waals surface area (Å²) in [5.74, 6) is -2.45. The molecule has 0 atom stereocenters. The third-order valence-corrected chi connectivity index (χ3v) is 6.10. The van der Waals surface area contributed by atoms with Crippen molar-refractivity contribution in [3.63, 3.8) is 0 Å². The lowest BCUT2D eigenvalue weighted by Gasteiger charge is -2.15. The number of nitrogens with zero attached hydrogens (tertiary/aromatic N) is 3. The second kappa shape index (κ2) is 8.58. The van der Waals surface area contributed by atoms with Gasteiger partial charge in [0.2, 0.25) is 16.0 Å². The van der Waals surface area contributed by atoms with E-state index < -0.39 is 21.7 Å². The van der Waals surface area contributed by atoms with Gasteiger partial charge in [-0.1, -0.05) is 18.2 Å². The highest BCUT2D eigenvalue weighted by atomic mass is 32.2. The summed E-state index contributed by atoms with van der Waals surface area (Å²) in [5.41, 5.74) is 0.279. The Morgan fingerprint density at radius 3 is 2.52 bits per heavy atom. The molecule has 0 saturated heterocycles. The van der Waals surface area contributed by atoms with Crippen LogP contribution < -0.4 is 15.0 Å². The van der Waals surface area contributed by atoms with Crippen molar-refractivity contribution in [2.75, 3.05) is 10.5 Å². The van der Waals surface area contributed by atoms with E-state index in [0.29, 0.717) is 22.4 Å². The van der Waals surface area contributed by atoms with E-state index in [1.165, 1.54) is 23.9 Å². The Bertz CT molecular complexity index is 1540. The van der Waals surface area contributed by atoms with Crippen molar-refractivity contribution in [3.05, 3.63) is 76.8 Å². The molecule has 0 aliphatic carbocycles. The number of rotatable bonds is 6. The first-order valence-corrected chi connectivity index (χ1v) is 11.4. The summed E-state index contributed by atoms with van der Waals surface area (Å²) < 4.78 is 60.9. The minimum Gasteiger partial charge on any atom is -0.450 e. The van der Waals surface area contributed by atoms with Gasteiger partial charge >= 0.3 is 0 Å². The largest absolute Gasteiger partial charge is 0.450 e. The number of hydrogen-bond donors (Lipinski definition) is 1. The topological polar surface area (TPSA) is 103 Å². The lowest BCUT2D eigenvalue weighted by Crippen LogP contribution is -2.18. The molecular weight excluding hydrogens is 454 g/mol. The number of aromatic nitrogens is 3. The molecule has 0 aliphatic rings. The molecule has 0 spiro atoms. The Morgan fingerprint density at radius 2 is 1.82 bits per heavy atom. The van der Waals surface area contributed by atoms with Gasteiger partial charge in [-0.15, -0.1) is 0 Å². The van der Waals surface area contributed by atoms with Crippen LogP contribution >= 0.6 is 0 Å². The fourth-order valence-corrected chi connectivity index (χ4v) is 3.70. The highest BCUT2D eigenvalue weighted by Gasteiger charge is 2.19. The van der Waals surface area contributed by atoms with Crippen LogP contribution in [0.1, 0.15) is 6.92 Å². The van der Waals surface area contributed by atoms with Crippen molar-refractivity contribution >= 4 is 26.7 Å². The van der Waals surface area contributed by atoms with Gasteiger partial charge in [0.25, 0.3) is 5.56 Å².